The van der Waals surface area contributed by atoms with Crippen molar-refractivity contribution in [3.05, 3.63) is 21.9 Å². The Kier molecular flexibility index (Phi) is 5.18. The number of aliphatic hydroxyl groups is 1. The van der Waals surface area contributed by atoms with E-state index < -0.39 is 0 Å². The lowest BCUT2D eigenvalue weighted by Crippen LogP contribution is -2.40. The summed E-state index contributed by atoms with van der Waals surface area (Å²) in [6.07, 6.45) is 2.54. The van der Waals surface area contributed by atoms with E-state index in [2.05, 4.69) is 36.2 Å². The van der Waals surface area contributed by atoms with Crippen LogP contribution in [0.1, 0.15) is 35.6 Å². The molecule has 1 aromatic rings. The van der Waals surface area contributed by atoms with Gasteiger partial charge in [-0.2, -0.15) is 0 Å². The van der Waals surface area contributed by atoms with Crippen LogP contribution in [-0.2, 0) is 0 Å². The van der Waals surface area contributed by atoms with Crippen molar-refractivity contribution in [3.63, 3.8) is 0 Å². The van der Waals surface area contributed by atoms with Gasteiger partial charge in [0.05, 0.1) is 6.61 Å². The summed E-state index contributed by atoms with van der Waals surface area (Å²) in [5.41, 5.74) is 0. The molecule has 0 bridgehead atoms. The van der Waals surface area contributed by atoms with Gasteiger partial charge in [-0.25, -0.2) is 0 Å². The van der Waals surface area contributed by atoms with E-state index in [0.29, 0.717) is 12.1 Å². The van der Waals surface area contributed by atoms with Crippen LogP contribution >= 0.6 is 11.3 Å². The lowest BCUT2D eigenvalue weighted by molar-refractivity contribution is 0.149. The second-order valence-electron chi connectivity index (χ2n) is 5.14. The van der Waals surface area contributed by atoms with Gasteiger partial charge in [-0.15, -0.1) is 11.3 Å². The van der Waals surface area contributed by atoms with Crippen molar-refractivity contribution in [2.45, 2.75) is 38.8 Å². The number of nitrogens with zero attached hydrogens (tertiary/aromatic N) is 1. The monoisotopic (exact) mass is 268 g/mol. The van der Waals surface area contributed by atoms with Crippen LogP contribution in [0.2, 0.25) is 0 Å². The fourth-order valence-corrected chi connectivity index (χ4v) is 3.59. The molecule has 3 nitrogen and oxygen atoms in total. The Labute approximate surface area is 114 Å². The molecule has 1 aliphatic heterocycles. The van der Waals surface area contributed by atoms with Gasteiger partial charge in [0.25, 0.3) is 0 Å². The molecule has 0 radical (unpaired) electrons. The standard InChI is InChI=1S/C14H24N2OS/c1-11-5-6-14(18-11)12(2)16(8-9-17)10-13-4-3-7-15-13/h5-6,12-13,15,17H,3-4,7-10H2,1-2H3. The van der Waals surface area contributed by atoms with Gasteiger partial charge in [0.1, 0.15) is 0 Å². The van der Waals surface area contributed by atoms with E-state index >= 15 is 0 Å². The molecule has 2 atom stereocenters. The van der Waals surface area contributed by atoms with Gasteiger partial charge in [-0.05, 0) is 45.4 Å². The third-order valence-corrected chi connectivity index (χ3v) is 4.90. The Balaban J connectivity index is 1.98. The minimum absolute atomic E-state index is 0.238. The zero-order valence-electron chi connectivity index (χ0n) is 11.4. The number of nitrogens with one attached hydrogen (secondary N) is 1. The molecule has 2 N–H and O–H groups in total. The third kappa shape index (κ3) is 3.54. The number of hydrogen-bond donors (Lipinski definition) is 2. The first-order valence-electron chi connectivity index (χ1n) is 6.85. The summed E-state index contributed by atoms with van der Waals surface area (Å²) < 4.78 is 0. The van der Waals surface area contributed by atoms with Crippen LogP contribution in [0, 0.1) is 6.92 Å². The lowest BCUT2D eigenvalue weighted by Gasteiger charge is -2.30. The first-order chi connectivity index (χ1) is 8.70. The zero-order valence-corrected chi connectivity index (χ0v) is 12.2. The summed E-state index contributed by atoms with van der Waals surface area (Å²) >= 11 is 1.86. The summed E-state index contributed by atoms with van der Waals surface area (Å²) in [5, 5.41) is 12.8. The summed E-state index contributed by atoms with van der Waals surface area (Å²) in [5.74, 6) is 0. The van der Waals surface area contributed by atoms with E-state index in [9.17, 15) is 5.11 Å². The highest BCUT2D eigenvalue weighted by Gasteiger charge is 2.22. The highest BCUT2D eigenvalue weighted by Crippen LogP contribution is 2.27. The average Bonchev–Trinajstić information content (AvgIpc) is 2.99. The third-order valence-electron chi connectivity index (χ3n) is 3.73. The van der Waals surface area contributed by atoms with Gasteiger partial charge in [0.15, 0.2) is 0 Å². The molecule has 2 unspecified atom stereocenters. The van der Waals surface area contributed by atoms with Crippen LogP contribution in [0.25, 0.3) is 0 Å². The van der Waals surface area contributed by atoms with Crippen molar-refractivity contribution in [2.24, 2.45) is 0 Å². The Hall–Kier alpha value is -0.420. The Morgan fingerprint density at radius 2 is 2.39 bits per heavy atom. The minimum Gasteiger partial charge on any atom is -0.395 e. The van der Waals surface area contributed by atoms with Gasteiger partial charge in [0.2, 0.25) is 0 Å². The van der Waals surface area contributed by atoms with E-state index in [0.717, 1.165) is 19.6 Å². The van der Waals surface area contributed by atoms with Gasteiger partial charge < -0.3 is 10.4 Å². The van der Waals surface area contributed by atoms with Gasteiger partial charge in [-0.1, -0.05) is 0 Å². The fourth-order valence-electron chi connectivity index (χ4n) is 2.63. The quantitative estimate of drug-likeness (QED) is 0.830. The van der Waals surface area contributed by atoms with Gasteiger partial charge in [-0.3, -0.25) is 4.90 Å². The molecule has 0 aromatic carbocycles. The molecule has 0 saturated carbocycles. The van der Waals surface area contributed by atoms with Gasteiger partial charge in [0, 0.05) is 34.9 Å². The maximum absolute atomic E-state index is 9.25. The van der Waals surface area contributed by atoms with Crippen LogP contribution in [0.5, 0.6) is 0 Å². The fraction of sp³-hybridized carbons (Fsp3) is 0.714. The van der Waals surface area contributed by atoms with Crippen molar-refractivity contribution in [1.29, 1.82) is 0 Å². The predicted molar refractivity (Wildman–Crippen MR) is 77.2 cm³/mol. The molecule has 18 heavy (non-hydrogen) atoms. The van der Waals surface area contributed by atoms with Crippen LogP contribution in [0.3, 0.4) is 0 Å². The topological polar surface area (TPSA) is 35.5 Å². The predicted octanol–water partition coefficient (Wildman–Crippen LogP) is 2.16. The molecule has 1 saturated heterocycles. The van der Waals surface area contributed by atoms with Gasteiger partial charge >= 0.3 is 0 Å². The number of aliphatic hydroxyl groups excluding tert-OH is 1. The smallest absolute Gasteiger partial charge is 0.0558 e. The Morgan fingerprint density at radius 1 is 1.56 bits per heavy atom. The maximum atomic E-state index is 9.25. The number of thiophene rings is 1. The first kappa shape index (κ1) is 14.0. The summed E-state index contributed by atoms with van der Waals surface area (Å²) in [6, 6.07) is 5.40. The summed E-state index contributed by atoms with van der Waals surface area (Å²) in [4.78, 5) is 5.16. The molecule has 0 spiro atoms. The molecule has 102 valence electrons. The number of rotatable bonds is 6. The molecule has 0 amide bonds. The van der Waals surface area contributed by atoms with Crippen molar-refractivity contribution in [2.75, 3.05) is 26.2 Å². The summed E-state index contributed by atoms with van der Waals surface area (Å²) in [7, 11) is 0. The molecule has 2 heterocycles. The van der Waals surface area contributed by atoms with Crippen LogP contribution in [0.15, 0.2) is 12.1 Å². The normalized spacial score (nSPS) is 21.7. The molecule has 4 heteroatoms. The second-order valence-corrected chi connectivity index (χ2v) is 6.46. The molecular formula is C14H24N2OS. The summed E-state index contributed by atoms with van der Waals surface area (Å²) in [6.45, 7) is 7.58. The Morgan fingerprint density at radius 3 is 2.94 bits per heavy atom. The highest BCUT2D eigenvalue weighted by atomic mass is 32.1. The number of aryl methyl sites for hydroxylation is 1. The van der Waals surface area contributed by atoms with Crippen molar-refractivity contribution < 1.29 is 5.11 Å². The average molecular weight is 268 g/mol. The number of hydrogen-bond acceptors (Lipinski definition) is 4. The van der Waals surface area contributed by atoms with E-state index in [1.807, 2.05) is 11.3 Å². The largest absolute Gasteiger partial charge is 0.395 e. The van der Waals surface area contributed by atoms with E-state index in [1.54, 1.807) is 0 Å². The molecule has 1 aliphatic rings. The van der Waals surface area contributed by atoms with E-state index in [4.69, 9.17) is 0 Å². The van der Waals surface area contributed by atoms with Crippen LogP contribution in [-0.4, -0.2) is 42.3 Å². The van der Waals surface area contributed by atoms with E-state index in [-0.39, 0.29) is 6.61 Å². The lowest BCUT2D eigenvalue weighted by atomic mass is 10.1. The highest BCUT2D eigenvalue weighted by molar-refractivity contribution is 7.12. The van der Waals surface area contributed by atoms with Crippen molar-refractivity contribution in [1.82, 2.24) is 10.2 Å². The molecular weight excluding hydrogens is 244 g/mol. The SMILES string of the molecule is Cc1ccc(C(C)N(CCO)CC2CCCN2)s1. The minimum atomic E-state index is 0.238. The van der Waals surface area contributed by atoms with Crippen molar-refractivity contribution >= 4 is 11.3 Å². The molecule has 1 aromatic heterocycles. The van der Waals surface area contributed by atoms with E-state index in [1.165, 1.54) is 22.6 Å². The molecule has 2 rings (SSSR count). The first-order valence-corrected chi connectivity index (χ1v) is 7.67. The van der Waals surface area contributed by atoms with Crippen molar-refractivity contribution in [3.8, 4) is 0 Å². The molecule has 1 fully saturated rings. The van der Waals surface area contributed by atoms with Crippen LogP contribution in [0.4, 0.5) is 0 Å². The molecule has 0 aliphatic carbocycles. The van der Waals surface area contributed by atoms with Crippen LogP contribution < -0.4 is 5.32 Å². The second kappa shape index (κ2) is 6.66. The Bertz CT molecular complexity index is 360. The maximum Gasteiger partial charge on any atom is 0.0558 e. The zero-order chi connectivity index (χ0) is 13.0.